The van der Waals surface area contributed by atoms with E-state index < -0.39 is 5.41 Å². The monoisotopic (exact) mass is 298 g/mol. The third kappa shape index (κ3) is 8.58. The minimum Gasteiger partial charge on any atom is -0.359 e. The molecule has 0 bridgehead atoms. The Bertz CT molecular complexity index is 356. The van der Waals surface area contributed by atoms with Gasteiger partial charge in [0.2, 0.25) is 5.91 Å². The SMILES string of the molecule is CN=C(NCC(C)(C)C(=O)NC)NC(C)CCC(C)(C)C. The van der Waals surface area contributed by atoms with Crippen LogP contribution in [-0.4, -0.2) is 38.5 Å². The van der Waals surface area contributed by atoms with E-state index in [1.807, 2.05) is 13.8 Å². The lowest BCUT2D eigenvalue weighted by Gasteiger charge is -2.26. The zero-order valence-electron chi connectivity index (χ0n) is 15.1. The summed E-state index contributed by atoms with van der Waals surface area (Å²) in [5, 5.41) is 9.29. The van der Waals surface area contributed by atoms with Crippen LogP contribution in [0.1, 0.15) is 54.4 Å². The number of amides is 1. The summed E-state index contributed by atoms with van der Waals surface area (Å²) in [5.41, 5.74) is -0.130. The molecule has 0 aliphatic heterocycles. The smallest absolute Gasteiger partial charge is 0.227 e. The van der Waals surface area contributed by atoms with E-state index in [1.54, 1.807) is 14.1 Å². The average molecular weight is 298 g/mol. The molecule has 1 unspecified atom stereocenters. The largest absolute Gasteiger partial charge is 0.359 e. The van der Waals surface area contributed by atoms with Crippen LogP contribution in [-0.2, 0) is 4.79 Å². The van der Waals surface area contributed by atoms with Gasteiger partial charge in [-0.3, -0.25) is 9.79 Å². The van der Waals surface area contributed by atoms with Gasteiger partial charge in [0.1, 0.15) is 0 Å². The van der Waals surface area contributed by atoms with Crippen LogP contribution in [0.3, 0.4) is 0 Å². The molecule has 0 aliphatic carbocycles. The second-order valence-electron chi connectivity index (χ2n) is 7.53. The maximum absolute atomic E-state index is 11.8. The van der Waals surface area contributed by atoms with Gasteiger partial charge in [0.15, 0.2) is 5.96 Å². The van der Waals surface area contributed by atoms with E-state index in [-0.39, 0.29) is 5.91 Å². The molecule has 0 aromatic heterocycles. The number of guanidine groups is 1. The molecule has 5 nitrogen and oxygen atoms in total. The minimum atomic E-state index is -0.471. The second-order valence-corrected chi connectivity index (χ2v) is 7.53. The Morgan fingerprint density at radius 1 is 1.19 bits per heavy atom. The maximum atomic E-state index is 11.8. The van der Waals surface area contributed by atoms with Crippen LogP contribution in [0.4, 0.5) is 0 Å². The predicted octanol–water partition coefficient (Wildman–Crippen LogP) is 2.14. The van der Waals surface area contributed by atoms with E-state index in [0.29, 0.717) is 18.0 Å². The molecule has 0 rings (SSSR count). The minimum absolute atomic E-state index is 0.0197. The number of carbonyl (C=O) groups is 1. The molecule has 0 fully saturated rings. The molecular weight excluding hydrogens is 264 g/mol. The van der Waals surface area contributed by atoms with Gasteiger partial charge in [-0.15, -0.1) is 0 Å². The number of carbonyl (C=O) groups excluding carboxylic acids is 1. The Balaban J connectivity index is 4.33. The summed E-state index contributed by atoms with van der Waals surface area (Å²) < 4.78 is 0. The van der Waals surface area contributed by atoms with Gasteiger partial charge >= 0.3 is 0 Å². The van der Waals surface area contributed by atoms with Crippen LogP contribution in [0.25, 0.3) is 0 Å². The number of nitrogens with zero attached hydrogens (tertiary/aromatic N) is 1. The highest BCUT2D eigenvalue weighted by molar-refractivity contribution is 5.84. The Hall–Kier alpha value is -1.26. The standard InChI is InChI=1S/C16H34N4O/c1-12(9-10-15(2,3)4)20-14(18-8)19-11-16(5,6)13(21)17-7/h12H,9-11H2,1-8H3,(H,17,21)(H2,18,19,20). The van der Waals surface area contributed by atoms with Gasteiger partial charge in [-0.25, -0.2) is 0 Å². The molecule has 0 heterocycles. The zero-order valence-corrected chi connectivity index (χ0v) is 15.1. The van der Waals surface area contributed by atoms with Gasteiger partial charge in [-0.05, 0) is 39.0 Å². The first-order valence-electron chi connectivity index (χ1n) is 7.71. The number of nitrogens with one attached hydrogen (secondary N) is 3. The molecule has 1 amide bonds. The fourth-order valence-corrected chi connectivity index (χ4v) is 1.87. The molecule has 0 aromatic rings. The van der Waals surface area contributed by atoms with Crippen molar-refractivity contribution in [2.24, 2.45) is 15.8 Å². The van der Waals surface area contributed by atoms with Crippen LogP contribution in [0.15, 0.2) is 4.99 Å². The van der Waals surface area contributed by atoms with Crippen molar-refractivity contribution in [2.45, 2.75) is 60.4 Å². The number of rotatable bonds is 6. The van der Waals surface area contributed by atoms with E-state index in [9.17, 15) is 4.79 Å². The van der Waals surface area contributed by atoms with Gasteiger partial charge in [0.05, 0.1) is 5.41 Å². The van der Waals surface area contributed by atoms with Crippen molar-refractivity contribution in [1.29, 1.82) is 0 Å². The summed E-state index contributed by atoms with van der Waals surface area (Å²) in [6, 6.07) is 0.346. The lowest BCUT2D eigenvalue weighted by Crippen LogP contribution is -2.49. The molecule has 3 N–H and O–H groups in total. The van der Waals surface area contributed by atoms with Gasteiger partial charge in [-0.2, -0.15) is 0 Å². The van der Waals surface area contributed by atoms with Gasteiger partial charge < -0.3 is 16.0 Å². The van der Waals surface area contributed by atoms with Crippen LogP contribution < -0.4 is 16.0 Å². The molecule has 0 radical (unpaired) electrons. The summed E-state index contributed by atoms with van der Waals surface area (Å²) in [4.78, 5) is 16.0. The molecule has 0 aliphatic rings. The van der Waals surface area contributed by atoms with Crippen molar-refractivity contribution in [2.75, 3.05) is 20.6 Å². The first-order valence-corrected chi connectivity index (χ1v) is 7.71. The first-order chi connectivity index (χ1) is 9.51. The number of hydrogen-bond donors (Lipinski definition) is 3. The normalized spacial score (nSPS) is 14.6. The molecule has 0 aromatic carbocycles. The van der Waals surface area contributed by atoms with Crippen molar-refractivity contribution in [3.8, 4) is 0 Å². The highest BCUT2D eigenvalue weighted by Gasteiger charge is 2.26. The molecule has 0 spiro atoms. The molecule has 0 saturated carbocycles. The van der Waals surface area contributed by atoms with Crippen LogP contribution in [0, 0.1) is 10.8 Å². The first kappa shape index (κ1) is 19.7. The highest BCUT2D eigenvalue weighted by Crippen LogP contribution is 2.21. The third-order valence-electron chi connectivity index (χ3n) is 3.47. The average Bonchev–Trinajstić information content (AvgIpc) is 2.39. The molecule has 124 valence electrons. The van der Waals surface area contributed by atoms with Crippen molar-refractivity contribution < 1.29 is 4.79 Å². The van der Waals surface area contributed by atoms with Crippen LogP contribution >= 0.6 is 0 Å². The van der Waals surface area contributed by atoms with Gasteiger partial charge in [0.25, 0.3) is 0 Å². The van der Waals surface area contributed by atoms with Crippen LogP contribution in [0.2, 0.25) is 0 Å². The van der Waals surface area contributed by atoms with Crippen molar-refractivity contribution in [3.63, 3.8) is 0 Å². The van der Waals surface area contributed by atoms with Gasteiger partial charge in [-0.1, -0.05) is 20.8 Å². The third-order valence-corrected chi connectivity index (χ3v) is 3.47. The van der Waals surface area contributed by atoms with Crippen molar-refractivity contribution in [1.82, 2.24) is 16.0 Å². The quantitative estimate of drug-likeness (QED) is 0.520. The molecular formula is C16H34N4O. The topological polar surface area (TPSA) is 65.5 Å². The van der Waals surface area contributed by atoms with Crippen LogP contribution in [0.5, 0.6) is 0 Å². The lowest BCUT2D eigenvalue weighted by molar-refractivity contribution is -0.128. The second kappa shape index (κ2) is 8.25. The summed E-state index contributed by atoms with van der Waals surface area (Å²) in [6.07, 6.45) is 2.24. The van der Waals surface area contributed by atoms with E-state index in [2.05, 4.69) is 48.6 Å². The fraction of sp³-hybridized carbons (Fsp3) is 0.875. The summed E-state index contributed by atoms with van der Waals surface area (Å²) in [7, 11) is 3.41. The number of hydrogen-bond acceptors (Lipinski definition) is 2. The zero-order chi connectivity index (χ0) is 16.7. The molecule has 0 saturated heterocycles. The Morgan fingerprint density at radius 3 is 2.19 bits per heavy atom. The summed E-state index contributed by atoms with van der Waals surface area (Å²) in [6.45, 7) is 13.3. The molecule has 5 heteroatoms. The maximum Gasteiger partial charge on any atom is 0.227 e. The summed E-state index contributed by atoms with van der Waals surface area (Å²) >= 11 is 0. The van der Waals surface area contributed by atoms with Crippen molar-refractivity contribution in [3.05, 3.63) is 0 Å². The van der Waals surface area contributed by atoms with Crippen molar-refractivity contribution >= 4 is 11.9 Å². The predicted molar refractivity (Wildman–Crippen MR) is 90.5 cm³/mol. The fourth-order valence-electron chi connectivity index (χ4n) is 1.87. The van der Waals surface area contributed by atoms with E-state index >= 15 is 0 Å². The Morgan fingerprint density at radius 2 is 1.76 bits per heavy atom. The van der Waals surface area contributed by atoms with E-state index in [4.69, 9.17) is 0 Å². The molecule has 21 heavy (non-hydrogen) atoms. The van der Waals surface area contributed by atoms with E-state index in [1.165, 1.54) is 0 Å². The molecule has 1 atom stereocenters. The Labute approximate surface area is 130 Å². The van der Waals surface area contributed by atoms with Gasteiger partial charge in [0, 0.05) is 26.7 Å². The summed E-state index contributed by atoms with van der Waals surface area (Å²) in [5.74, 6) is 0.764. The highest BCUT2D eigenvalue weighted by atomic mass is 16.2. The number of aliphatic imine (C=N–C) groups is 1. The lowest BCUT2D eigenvalue weighted by atomic mass is 9.89. The van der Waals surface area contributed by atoms with E-state index in [0.717, 1.165) is 18.8 Å². The Kier molecular flexibility index (Phi) is 7.75.